The molecule has 0 aliphatic heterocycles. The Morgan fingerprint density at radius 2 is 2.16 bits per heavy atom. The van der Waals surface area contributed by atoms with Gasteiger partial charge in [0.1, 0.15) is 16.6 Å². The lowest BCUT2D eigenvalue weighted by molar-refractivity contribution is 1.28. The van der Waals surface area contributed by atoms with Gasteiger partial charge in [-0.25, -0.2) is 4.98 Å². The summed E-state index contributed by atoms with van der Waals surface area (Å²) in [5, 5.41) is 14.1. The van der Waals surface area contributed by atoms with E-state index in [0.29, 0.717) is 4.88 Å². The Morgan fingerprint density at radius 3 is 2.89 bits per heavy atom. The van der Waals surface area contributed by atoms with Gasteiger partial charge in [0.05, 0.1) is 0 Å². The zero-order valence-corrected chi connectivity index (χ0v) is 11.4. The summed E-state index contributed by atoms with van der Waals surface area (Å²) in [6, 6.07) is 10.3. The number of H-pyrrole nitrogens is 1. The predicted octanol–water partition coefficient (Wildman–Crippen LogP) is 3.51. The molecule has 0 saturated carbocycles. The van der Waals surface area contributed by atoms with Gasteiger partial charge in [0, 0.05) is 29.2 Å². The topological polar surface area (TPSA) is 64.5 Å². The zero-order chi connectivity index (χ0) is 13.4. The number of hydrogen-bond acceptors (Lipinski definition) is 4. The number of rotatable bonds is 2. The van der Waals surface area contributed by atoms with E-state index in [9.17, 15) is 5.26 Å². The smallest absolute Gasteiger partial charge is 0.184 e. The second kappa shape index (κ2) is 4.41. The minimum absolute atomic E-state index is 0.636. The first-order valence-corrected chi connectivity index (χ1v) is 6.72. The van der Waals surface area contributed by atoms with Gasteiger partial charge >= 0.3 is 0 Å². The SMILES string of the molecule is CNc1nc(-c2c(C)[nH]c3ccccc23)c(C#N)s1. The first-order chi connectivity index (χ1) is 9.24. The molecular formula is C14H12N4S. The molecule has 3 rings (SSSR count). The quantitative estimate of drug-likeness (QED) is 0.747. The number of nitrogens with zero attached hydrogens (tertiary/aromatic N) is 2. The van der Waals surface area contributed by atoms with Crippen molar-refractivity contribution in [3.8, 4) is 17.3 Å². The monoisotopic (exact) mass is 268 g/mol. The molecule has 94 valence electrons. The molecule has 4 nitrogen and oxygen atoms in total. The third-order valence-corrected chi connectivity index (χ3v) is 4.05. The Bertz CT molecular complexity index is 791. The van der Waals surface area contributed by atoms with Crippen LogP contribution < -0.4 is 5.32 Å². The number of aryl methyl sites for hydroxylation is 1. The van der Waals surface area contributed by atoms with Gasteiger partial charge < -0.3 is 10.3 Å². The summed E-state index contributed by atoms with van der Waals surface area (Å²) < 4.78 is 0. The minimum Gasteiger partial charge on any atom is -0.365 e. The second-order valence-corrected chi connectivity index (χ2v) is 5.23. The van der Waals surface area contributed by atoms with Crippen molar-refractivity contribution < 1.29 is 0 Å². The highest BCUT2D eigenvalue weighted by molar-refractivity contribution is 7.16. The summed E-state index contributed by atoms with van der Waals surface area (Å²) >= 11 is 1.38. The predicted molar refractivity (Wildman–Crippen MR) is 78.4 cm³/mol. The molecule has 0 radical (unpaired) electrons. The fraction of sp³-hybridized carbons (Fsp3) is 0.143. The highest BCUT2D eigenvalue weighted by Gasteiger charge is 2.18. The molecule has 0 aliphatic rings. The highest BCUT2D eigenvalue weighted by atomic mass is 32.1. The van der Waals surface area contributed by atoms with Gasteiger partial charge in [-0.2, -0.15) is 5.26 Å². The molecule has 0 spiro atoms. The fourth-order valence-electron chi connectivity index (χ4n) is 2.25. The number of anilines is 1. The van der Waals surface area contributed by atoms with Crippen molar-refractivity contribution in [2.45, 2.75) is 6.92 Å². The molecule has 0 atom stereocenters. The van der Waals surface area contributed by atoms with Crippen LogP contribution >= 0.6 is 11.3 Å². The Balaban J connectivity index is 2.33. The third kappa shape index (κ3) is 1.77. The number of aromatic nitrogens is 2. The van der Waals surface area contributed by atoms with E-state index in [4.69, 9.17) is 0 Å². The third-order valence-electron chi connectivity index (χ3n) is 3.07. The Labute approximate surface area is 114 Å². The van der Waals surface area contributed by atoms with Crippen LogP contribution in [0, 0.1) is 18.3 Å². The minimum atomic E-state index is 0.636. The van der Waals surface area contributed by atoms with Gasteiger partial charge in [-0.05, 0) is 13.0 Å². The molecule has 0 unspecified atom stereocenters. The molecule has 0 bridgehead atoms. The van der Waals surface area contributed by atoms with Crippen molar-refractivity contribution in [1.82, 2.24) is 9.97 Å². The number of aromatic amines is 1. The van der Waals surface area contributed by atoms with Gasteiger partial charge in [-0.15, -0.1) is 0 Å². The van der Waals surface area contributed by atoms with Crippen LogP contribution in [0.15, 0.2) is 24.3 Å². The molecule has 19 heavy (non-hydrogen) atoms. The normalized spacial score (nSPS) is 10.6. The maximum Gasteiger partial charge on any atom is 0.184 e. The lowest BCUT2D eigenvalue weighted by Crippen LogP contribution is -1.87. The van der Waals surface area contributed by atoms with E-state index in [1.807, 2.05) is 38.2 Å². The first kappa shape index (κ1) is 11.8. The highest BCUT2D eigenvalue weighted by Crippen LogP contribution is 2.36. The summed E-state index contributed by atoms with van der Waals surface area (Å²) in [5.74, 6) is 0. The van der Waals surface area contributed by atoms with Crippen molar-refractivity contribution in [3.05, 3.63) is 34.8 Å². The number of para-hydroxylation sites is 1. The largest absolute Gasteiger partial charge is 0.365 e. The summed E-state index contributed by atoms with van der Waals surface area (Å²) in [4.78, 5) is 8.49. The zero-order valence-electron chi connectivity index (χ0n) is 10.6. The summed E-state index contributed by atoms with van der Waals surface area (Å²) in [6.45, 7) is 2.01. The van der Waals surface area contributed by atoms with Crippen LogP contribution in [0.4, 0.5) is 5.13 Å². The summed E-state index contributed by atoms with van der Waals surface area (Å²) in [6.07, 6.45) is 0. The maximum atomic E-state index is 9.27. The first-order valence-electron chi connectivity index (χ1n) is 5.91. The van der Waals surface area contributed by atoms with Gasteiger partial charge in [0.25, 0.3) is 0 Å². The van der Waals surface area contributed by atoms with Gasteiger partial charge in [0.2, 0.25) is 0 Å². The molecule has 2 aromatic heterocycles. The number of benzene rings is 1. The lowest BCUT2D eigenvalue weighted by Gasteiger charge is -1.97. The average molecular weight is 268 g/mol. The number of thiazole rings is 1. The number of nitrogens with one attached hydrogen (secondary N) is 2. The van der Waals surface area contributed by atoms with Crippen LogP contribution in [0.1, 0.15) is 10.6 Å². The van der Waals surface area contributed by atoms with Crippen LogP contribution in [0.2, 0.25) is 0 Å². The molecule has 1 aromatic carbocycles. The lowest BCUT2D eigenvalue weighted by atomic mass is 10.1. The number of fused-ring (bicyclic) bond motifs is 1. The molecular weight excluding hydrogens is 256 g/mol. The fourth-order valence-corrected chi connectivity index (χ4v) is 2.98. The Morgan fingerprint density at radius 1 is 1.37 bits per heavy atom. The second-order valence-electron chi connectivity index (χ2n) is 4.23. The summed E-state index contributed by atoms with van der Waals surface area (Å²) in [5.41, 5.74) is 3.88. The van der Waals surface area contributed by atoms with Gasteiger partial charge in [-0.1, -0.05) is 29.5 Å². The van der Waals surface area contributed by atoms with E-state index in [0.717, 1.165) is 33.0 Å². The van der Waals surface area contributed by atoms with Gasteiger partial charge in [-0.3, -0.25) is 0 Å². The standard InChI is InChI=1S/C14H12N4S/c1-8-12(9-5-3-4-6-10(9)17-8)13-11(7-15)19-14(16-2)18-13/h3-6,17H,1-2H3,(H,16,18). The number of hydrogen-bond donors (Lipinski definition) is 2. The van der Waals surface area contributed by atoms with Gasteiger partial charge in [0.15, 0.2) is 5.13 Å². The van der Waals surface area contributed by atoms with E-state index in [-0.39, 0.29) is 0 Å². The molecule has 5 heteroatoms. The molecule has 0 fully saturated rings. The Hall–Kier alpha value is -2.32. The van der Waals surface area contributed by atoms with Crippen molar-refractivity contribution in [1.29, 1.82) is 5.26 Å². The molecule has 0 aliphatic carbocycles. The molecule has 0 saturated heterocycles. The number of nitriles is 1. The summed E-state index contributed by atoms with van der Waals surface area (Å²) in [7, 11) is 1.81. The van der Waals surface area contributed by atoms with E-state index in [2.05, 4.69) is 21.4 Å². The van der Waals surface area contributed by atoms with Crippen LogP contribution in [0.25, 0.3) is 22.2 Å². The molecule has 2 N–H and O–H groups in total. The van der Waals surface area contributed by atoms with Crippen LogP contribution in [0.5, 0.6) is 0 Å². The van der Waals surface area contributed by atoms with E-state index < -0.39 is 0 Å². The maximum absolute atomic E-state index is 9.27. The van der Waals surface area contributed by atoms with Crippen LogP contribution in [-0.2, 0) is 0 Å². The molecule has 0 amide bonds. The van der Waals surface area contributed by atoms with E-state index in [1.54, 1.807) is 0 Å². The van der Waals surface area contributed by atoms with Crippen molar-refractivity contribution in [2.24, 2.45) is 0 Å². The van der Waals surface area contributed by atoms with E-state index >= 15 is 0 Å². The van der Waals surface area contributed by atoms with Crippen molar-refractivity contribution in [3.63, 3.8) is 0 Å². The average Bonchev–Trinajstić information content (AvgIpc) is 2.97. The van der Waals surface area contributed by atoms with Crippen LogP contribution in [-0.4, -0.2) is 17.0 Å². The van der Waals surface area contributed by atoms with Crippen molar-refractivity contribution in [2.75, 3.05) is 12.4 Å². The van der Waals surface area contributed by atoms with Crippen molar-refractivity contribution >= 4 is 27.4 Å². The Kier molecular flexibility index (Phi) is 2.73. The molecule has 3 aromatic rings. The van der Waals surface area contributed by atoms with E-state index in [1.165, 1.54) is 11.3 Å². The molecule has 2 heterocycles. The van der Waals surface area contributed by atoms with Crippen LogP contribution in [0.3, 0.4) is 0 Å².